The summed E-state index contributed by atoms with van der Waals surface area (Å²) >= 11 is 8.92. The van der Waals surface area contributed by atoms with Gasteiger partial charge in [0.15, 0.2) is 5.75 Å². The van der Waals surface area contributed by atoms with Crippen LogP contribution in [0.5, 0.6) is 17.2 Å². The van der Waals surface area contributed by atoms with Gasteiger partial charge < -0.3 is 19.8 Å². The van der Waals surface area contributed by atoms with E-state index in [0.717, 1.165) is 0 Å². The lowest BCUT2D eigenvalue weighted by molar-refractivity contribution is -0.137. The highest BCUT2D eigenvalue weighted by Gasteiger charge is 2.18. The van der Waals surface area contributed by atoms with E-state index >= 15 is 0 Å². The van der Waals surface area contributed by atoms with Gasteiger partial charge >= 0.3 is 11.9 Å². The molecule has 0 heterocycles. The summed E-state index contributed by atoms with van der Waals surface area (Å²) in [6, 6.07) is 8.87. The Bertz CT molecular complexity index is 912. The van der Waals surface area contributed by atoms with Crippen LogP contribution >= 0.6 is 27.5 Å². The normalized spacial score (nSPS) is 10.0. The minimum absolute atomic E-state index is 0.00591. The maximum Gasteiger partial charge on any atom is 0.337 e. The number of aliphatic carboxylic acids is 1. The Balaban J connectivity index is 2.39. The predicted octanol–water partition coefficient (Wildman–Crippen LogP) is 3.43. The summed E-state index contributed by atoms with van der Waals surface area (Å²) in [7, 11) is 0. The van der Waals surface area contributed by atoms with Gasteiger partial charge in [-0.25, -0.2) is 4.79 Å². The zero-order valence-corrected chi connectivity index (χ0v) is 15.2. The van der Waals surface area contributed by atoms with Crippen LogP contribution in [0.2, 0.25) is 5.02 Å². The summed E-state index contributed by atoms with van der Waals surface area (Å²) in [5.41, 5.74) is 2.16. The van der Waals surface area contributed by atoms with Crippen molar-refractivity contribution >= 4 is 39.5 Å². The van der Waals surface area contributed by atoms with Crippen molar-refractivity contribution in [2.24, 2.45) is 0 Å². The summed E-state index contributed by atoms with van der Waals surface area (Å²) in [6.45, 7) is -0.504. The molecule has 0 aliphatic heterocycles. The van der Waals surface area contributed by atoms with Crippen LogP contribution in [0, 0.1) is 11.3 Å². The van der Waals surface area contributed by atoms with Crippen molar-refractivity contribution in [1.82, 2.24) is 5.48 Å². The molecule has 0 unspecified atom stereocenters. The monoisotopic (exact) mass is 440 g/mol. The first kappa shape index (κ1) is 19.5. The molecule has 0 spiro atoms. The fourth-order valence-corrected chi connectivity index (χ4v) is 2.49. The molecule has 26 heavy (non-hydrogen) atoms. The first-order valence-electron chi connectivity index (χ1n) is 6.87. The van der Waals surface area contributed by atoms with Crippen LogP contribution < -0.4 is 15.1 Å². The van der Waals surface area contributed by atoms with Crippen molar-refractivity contribution in [3.05, 3.63) is 51.0 Å². The minimum atomic E-state index is -1.26. The van der Waals surface area contributed by atoms with Gasteiger partial charge in [-0.1, -0.05) is 11.6 Å². The molecule has 10 heteroatoms. The van der Waals surface area contributed by atoms with Gasteiger partial charge in [0.1, 0.15) is 24.1 Å². The van der Waals surface area contributed by atoms with Crippen molar-refractivity contribution in [1.29, 1.82) is 5.26 Å². The van der Waals surface area contributed by atoms with Crippen LogP contribution in [0.1, 0.15) is 15.9 Å². The van der Waals surface area contributed by atoms with Crippen LogP contribution in [-0.4, -0.2) is 28.7 Å². The second kappa shape index (κ2) is 8.53. The number of benzene rings is 2. The third-order valence-electron chi connectivity index (χ3n) is 2.94. The Morgan fingerprint density at radius 1 is 1.23 bits per heavy atom. The highest BCUT2D eigenvalue weighted by atomic mass is 79.9. The van der Waals surface area contributed by atoms with Gasteiger partial charge in [0.05, 0.1) is 15.6 Å². The van der Waals surface area contributed by atoms with Crippen molar-refractivity contribution < 1.29 is 29.4 Å². The number of nitriles is 1. The summed E-state index contributed by atoms with van der Waals surface area (Å²) < 4.78 is 5.67. The third kappa shape index (κ3) is 4.86. The summed E-state index contributed by atoms with van der Waals surface area (Å²) in [5.74, 6) is -2.20. The van der Waals surface area contributed by atoms with Crippen molar-refractivity contribution in [3.63, 3.8) is 0 Å². The maximum absolute atomic E-state index is 11.4. The van der Waals surface area contributed by atoms with E-state index in [-0.39, 0.29) is 32.8 Å². The Kier molecular flexibility index (Phi) is 6.41. The molecule has 134 valence electrons. The summed E-state index contributed by atoms with van der Waals surface area (Å²) in [4.78, 5) is 27.0. The number of carbonyl (C=O) groups is 2. The third-order valence-corrected chi connectivity index (χ3v) is 3.99. The average Bonchev–Trinajstić information content (AvgIpc) is 2.58. The molecular formula is C16H10BrClN2O6. The Labute approximate surface area is 160 Å². The van der Waals surface area contributed by atoms with Gasteiger partial charge in [0.2, 0.25) is 0 Å². The van der Waals surface area contributed by atoms with Crippen LogP contribution in [-0.2, 0) is 4.79 Å². The fourth-order valence-electron chi connectivity index (χ4n) is 1.84. The van der Waals surface area contributed by atoms with Crippen molar-refractivity contribution in [3.8, 4) is 23.3 Å². The summed E-state index contributed by atoms with van der Waals surface area (Å²) in [6.07, 6.45) is 0. The molecule has 8 nitrogen and oxygen atoms in total. The molecule has 0 saturated carbocycles. The molecule has 2 aromatic rings. The number of rotatable bonds is 7. The van der Waals surface area contributed by atoms with Gasteiger partial charge in [0, 0.05) is 11.1 Å². The predicted molar refractivity (Wildman–Crippen MR) is 93.6 cm³/mol. The van der Waals surface area contributed by atoms with Gasteiger partial charge in [0.25, 0.3) is 0 Å². The number of hydrogen-bond donors (Lipinski definition) is 3. The van der Waals surface area contributed by atoms with E-state index in [1.807, 2.05) is 6.07 Å². The Morgan fingerprint density at radius 2 is 1.96 bits per heavy atom. The van der Waals surface area contributed by atoms with E-state index in [4.69, 9.17) is 31.5 Å². The molecule has 0 aliphatic rings. The molecule has 0 radical (unpaired) electrons. The van der Waals surface area contributed by atoms with Crippen LogP contribution in [0.15, 0.2) is 34.8 Å². The van der Waals surface area contributed by atoms with Crippen LogP contribution in [0.25, 0.3) is 0 Å². The number of halogens is 2. The molecule has 2 rings (SSSR count). The number of nitrogens with one attached hydrogen (secondary N) is 1. The topological polar surface area (TPSA) is 129 Å². The standard InChI is InChI=1S/C16H10BrClN2O6/c17-15-11(16(23)24)4-10(5-13(15)26-20-7-14(21)22)25-12-2-1-9(18)3-8(12)6-19/h1-5,20H,7H2,(H,21,22)(H,23,24). The number of hydrogen-bond acceptors (Lipinski definition) is 6. The maximum atomic E-state index is 11.4. The molecule has 0 fully saturated rings. The van der Waals surface area contributed by atoms with Gasteiger partial charge in [-0.2, -0.15) is 5.26 Å². The molecule has 0 aromatic heterocycles. The van der Waals surface area contributed by atoms with Crippen LogP contribution in [0.4, 0.5) is 0 Å². The van der Waals surface area contributed by atoms with Crippen molar-refractivity contribution in [2.45, 2.75) is 0 Å². The van der Waals surface area contributed by atoms with Gasteiger partial charge in [-0.05, 0) is 40.2 Å². The largest absolute Gasteiger partial charge is 0.480 e. The quantitative estimate of drug-likeness (QED) is 0.557. The highest BCUT2D eigenvalue weighted by Crippen LogP contribution is 2.36. The highest BCUT2D eigenvalue weighted by molar-refractivity contribution is 9.10. The van der Waals surface area contributed by atoms with E-state index in [1.54, 1.807) is 0 Å². The van der Waals surface area contributed by atoms with E-state index in [9.17, 15) is 14.7 Å². The van der Waals surface area contributed by atoms with E-state index < -0.39 is 18.5 Å². The number of hydroxylamine groups is 1. The molecule has 0 aliphatic carbocycles. The molecule has 0 amide bonds. The zero-order valence-electron chi connectivity index (χ0n) is 12.8. The number of carboxylic acids is 2. The number of carboxylic acid groups (broad SMARTS) is 2. The van der Waals surface area contributed by atoms with E-state index in [2.05, 4.69) is 21.4 Å². The number of ether oxygens (including phenoxy) is 1. The molecule has 0 bridgehead atoms. The SMILES string of the molecule is N#Cc1cc(Cl)ccc1Oc1cc(ONCC(=O)O)c(Br)c(C(=O)O)c1. The lowest BCUT2D eigenvalue weighted by Crippen LogP contribution is -2.26. The molecule has 0 atom stereocenters. The molecular weight excluding hydrogens is 432 g/mol. The van der Waals surface area contributed by atoms with Crippen molar-refractivity contribution in [2.75, 3.05) is 6.54 Å². The molecule has 3 N–H and O–H groups in total. The first-order chi connectivity index (χ1) is 12.3. The van der Waals surface area contributed by atoms with Gasteiger partial charge in [-0.15, -0.1) is 5.48 Å². The molecule has 2 aromatic carbocycles. The second-order valence-electron chi connectivity index (χ2n) is 4.76. The Morgan fingerprint density at radius 3 is 2.58 bits per heavy atom. The summed E-state index contributed by atoms with van der Waals surface area (Å²) in [5, 5.41) is 27.4. The fraction of sp³-hybridized carbons (Fsp3) is 0.0625. The van der Waals surface area contributed by atoms with Crippen LogP contribution in [0.3, 0.4) is 0 Å². The Hall–Kier alpha value is -2.80. The second-order valence-corrected chi connectivity index (χ2v) is 5.99. The lowest BCUT2D eigenvalue weighted by atomic mass is 10.2. The number of nitrogens with zero attached hydrogens (tertiary/aromatic N) is 1. The van der Waals surface area contributed by atoms with Gasteiger partial charge in [-0.3, -0.25) is 4.79 Å². The smallest absolute Gasteiger partial charge is 0.337 e. The molecule has 0 saturated heterocycles. The lowest BCUT2D eigenvalue weighted by Gasteiger charge is -2.13. The minimum Gasteiger partial charge on any atom is -0.480 e. The van der Waals surface area contributed by atoms with E-state index in [0.29, 0.717) is 5.02 Å². The first-order valence-corrected chi connectivity index (χ1v) is 8.04. The zero-order chi connectivity index (χ0) is 19.3. The number of aromatic carboxylic acids is 1. The van der Waals surface area contributed by atoms with E-state index in [1.165, 1.54) is 30.3 Å². The average molecular weight is 442 g/mol.